The predicted octanol–water partition coefficient (Wildman–Crippen LogP) is 6.15. The van der Waals surface area contributed by atoms with Gasteiger partial charge in [-0.3, -0.25) is 0 Å². The molecular formula is C37H63O9Rb. The van der Waals surface area contributed by atoms with E-state index >= 15 is 0 Å². The Balaban J connectivity index is 1.47. The molecule has 4 aliphatic rings. The van der Waals surface area contributed by atoms with E-state index in [9.17, 15) is 9.59 Å². The Morgan fingerprint density at radius 1 is 0.511 bits per heavy atom. The van der Waals surface area contributed by atoms with Crippen molar-refractivity contribution in [2.24, 2.45) is 47.3 Å². The van der Waals surface area contributed by atoms with Crippen molar-refractivity contribution in [2.45, 2.75) is 170 Å². The van der Waals surface area contributed by atoms with Crippen molar-refractivity contribution in [1.29, 1.82) is 0 Å². The molecule has 0 aromatic carbocycles. The molecule has 47 heavy (non-hydrogen) atoms. The molecule has 8 unspecified atom stereocenters. The van der Waals surface area contributed by atoms with E-state index in [1.54, 1.807) is 13.8 Å². The second kappa shape index (κ2) is 17.1. The van der Waals surface area contributed by atoms with Crippen LogP contribution >= 0.6 is 0 Å². The summed E-state index contributed by atoms with van der Waals surface area (Å²) in [5.41, 5.74) is 0. The minimum Gasteiger partial charge on any atom is -0.0617 e. The molecule has 266 valence electrons. The van der Waals surface area contributed by atoms with E-state index in [-0.39, 0.29) is 138 Å². The zero-order valence-electron chi connectivity index (χ0n) is 31.6. The molecule has 4 fully saturated rings. The summed E-state index contributed by atoms with van der Waals surface area (Å²) in [5, 5.41) is 0. The number of rotatable bonds is 10. The monoisotopic (exact) mass is 736 g/mol. The molecule has 0 amide bonds. The Hall–Kier alpha value is 0.865. The van der Waals surface area contributed by atoms with E-state index in [1.165, 1.54) is 0 Å². The van der Waals surface area contributed by atoms with E-state index in [0.717, 1.165) is 12.8 Å². The molecule has 9 nitrogen and oxygen atoms in total. The molecule has 4 aliphatic heterocycles. The Bertz CT molecular complexity index is 1050. The Labute approximate surface area is 323 Å². The van der Waals surface area contributed by atoms with Gasteiger partial charge in [0.15, 0.2) is 0 Å². The van der Waals surface area contributed by atoms with Gasteiger partial charge in [0.2, 0.25) is 0 Å². The Morgan fingerprint density at radius 2 is 0.957 bits per heavy atom. The van der Waals surface area contributed by atoms with Crippen LogP contribution < -0.4 is 0 Å². The van der Waals surface area contributed by atoms with Gasteiger partial charge in [0.05, 0.1) is 0 Å². The molecule has 0 saturated carbocycles. The van der Waals surface area contributed by atoms with Crippen molar-refractivity contribution >= 4 is 67.1 Å². The topological polar surface area (TPSA) is 98.8 Å². The summed E-state index contributed by atoms with van der Waals surface area (Å²) in [7, 11) is 0. The summed E-state index contributed by atoms with van der Waals surface area (Å²) in [6, 6.07) is 0. The van der Waals surface area contributed by atoms with Crippen LogP contribution in [0.4, 0.5) is 0 Å². The molecule has 20 atom stereocenters. The van der Waals surface area contributed by atoms with Crippen LogP contribution in [0.2, 0.25) is -1.01 Å². The van der Waals surface area contributed by atoms with Gasteiger partial charge in [0.25, 0.3) is 0 Å². The van der Waals surface area contributed by atoms with Gasteiger partial charge in [-0.2, -0.15) is 0 Å². The van der Waals surface area contributed by atoms with Crippen LogP contribution in [0.3, 0.4) is 0 Å². The van der Waals surface area contributed by atoms with E-state index in [0.29, 0.717) is 11.8 Å². The van der Waals surface area contributed by atoms with Gasteiger partial charge in [0.1, 0.15) is 0 Å². The zero-order chi connectivity index (χ0) is 35.1. The maximum absolute atomic E-state index is 13.1. The van der Waals surface area contributed by atoms with Crippen molar-refractivity contribution in [1.82, 2.24) is 0 Å². The normalized spacial score (nSPS) is 51.0. The number of hydrogen-bond donors (Lipinski definition) is 0. The van der Waals surface area contributed by atoms with Gasteiger partial charge < -0.3 is 0 Å². The quantitative estimate of drug-likeness (QED) is 0.262. The van der Waals surface area contributed by atoms with E-state index < -0.39 is 30.9 Å². The van der Waals surface area contributed by atoms with Crippen LogP contribution in [0.25, 0.3) is 0 Å². The van der Waals surface area contributed by atoms with Gasteiger partial charge in [0, 0.05) is 0 Å². The average Bonchev–Trinajstić information content (AvgIpc) is 3.03. The summed E-state index contributed by atoms with van der Waals surface area (Å²) in [5.74, 6) is 1.56. The number of carbonyl (C=O) groups is 2. The first kappa shape index (κ1) is 40.6. The summed E-state index contributed by atoms with van der Waals surface area (Å²) in [6.07, 6.45) is -2.15. The van der Waals surface area contributed by atoms with Gasteiger partial charge in [-0.05, 0) is 12.3 Å². The number of ketones is 2. The van der Waals surface area contributed by atoms with Crippen LogP contribution in [0.15, 0.2) is 0 Å². The molecule has 10 heteroatoms. The third kappa shape index (κ3) is 8.58. The van der Waals surface area contributed by atoms with E-state index in [4.69, 9.17) is 33.2 Å². The molecule has 4 saturated heterocycles. The smallest absolute Gasteiger partial charge is 0.0617 e. The molecule has 0 spiro atoms. The number of carbonyl (C=O) groups excluding carboxylic acids is 2. The second-order valence-electron chi connectivity index (χ2n) is 15.8. The predicted molar refractivity (Wildman–Crippen MR) is 180 cm³/mol. The van der Waals surface area contributed by atoms with Gasteiger partial charge in [-0.15, -0.1) is 0 Å². The van der Waals surface area contributed by atoms with E-state index in [2.05, 4.69) is 69.2 Å². The molecule has 0 aliphatic carbocycles. The second-order valence-corrected chi connectivity index (χ2v) is 19.1. The molecule has 0 N–H and O–H groups in total. The fourth-order valence-electron chi connectivity index (χ4n) is 8.33. The van der Waals surface area contributed by atoms with Crippen molar-refractivity contribution in [3.63, 3.8) is 0 Å². The summed E-state index contributed by atoms with van der Waals surface area (Å²) in [4.78, 5) is 25.7. The van der Waals surface area contributed by atoms with Crippen LogP contribution in [0.1, 0.15) is 103 Å². The van der Waals surface area contributed by atoms with Crippen molar-refractivity contribution in [3.05, 3.63) is 0 Å². The van der Waals surface area contributed by atoms with Crippen LogP contribution in [-0.4, -0.2) is 135 Å². The molecule has 0 radical (unpaired) electrons. The maximum atomic E-state index is 13.1. The Kier molecular flexibility index (Phi) is 14.8. The first-order valence-electron chi connectivity index (χ1n) is 18.6. The fourth-order valence-corrected chi connectivity index (χ4v) is 10.0. The van der Waals surface area contributed by atoms with Crippen molar-refractivity contribution in [2.75, 3.05) is 0 Å². The van der Waals surface area contributed by atoms with Crippen LogP contribution in [0.5, 0.6) is 0 Å². The average molecular weight is 737 g/mol. The van der Waals surface area contributed by atoms with Crippen molar-refractivity contribution < 1.29 is 42.7 Å². The van der Waals surface area contributed by atoms with E-state index in [1.807, 2.05) is 6.92 Å². The first-order chi connectivity index (χ1) is 22.0. The van der Waals surface area contributed by atoms with Gasteiger partial charge >= 0.3 is 294 Å². The third-order valence-corrected chi connectivity index (χ3v) is 16.9. The molecule has 0 bridgehead atoms. The minimum atomic E-state index is -0.745. The molecule has 4 heterocycles. The number of Topliss-reactive ketones (excluding diaryl/α,β-unsaturated/α-hetero) is 2. The number of ether oxygens (including phenoxy) is 7. The minimum absolute atomic E-state index is 0.00133. The molecule has 0 aromatic rings. The molecule has 4 rings (SSSR count). The Morgan fingerprint density at radius 3 is 1.51 bits per heavy atom. The standard InChI is InChI=1S/C37H63O9.Rb/c1-14-28-20(6)18(4)23(9)36(42-28)45-33-22(8)24(10)37(46-35(33)26(12)39)44-31-17(3)16-30(41-29(31)15-2)43-32-21(7)19(5)27(13)40-34(32)25(11)38;/h16-24,27-37H,14-15H2,1-13H3;/t17-,18+,19?,20+,21+,22-,23?,24?,27+,28?,29?,30-,31+,32-,33+,34?,35?,36+,37-;/m1./s1. The fraction of sp³-hybridized carbons (Fsp3) is 0.946. The summed E-state index contributed by atoms with van der Waals surface area (Å²) in [6.45, 7) is 27.0. The number of hydrogen-bond acceptors (Lipinski definition) is 9. The van der Waals surface area contributed by atoms with Crippen molar-refractivity contribution in [3.8, 4) is 0 Å². The van der Waals surface area contributed by atoms with Crippen LogP contribution in [-0.2, 0) is 42.7 Å². The summed E-state index contributed by atoms with van der Waals surface area (Å²) >= 11 is 0.145. The molecule has 0 aromatic heterocycles. The van der Waals surface area contributed by atoms with Crippen LogP contribution in [0, 0.1) is 47.3 Å². The summed E-state index contributed by atoms with van der Waals surface area (Å²) < 4.78 is 46.4. The third-order valence-electron chi connectivity index (χ3n) is 13.0. The first-order valence-corrected chi connectivity index (χ1v) is 21.5. The SMILES string of the molecule is CCC1O[C@@H](O[C@@H]2C(C(C)=O)O[C@@H](O[C@@H]3C(CC)O[C@H](O[C@H]4C(C(C)=O)O[C@@H](C)C(C)[C@@H]4C)[CH]([Rb])[C@H]3C)C(C)[C@H]2C)C(C)[C@@H](C)[C@@H]1C. The zero-order valence-corrected chi connectivity index (χ0v) is 36.6. The van der Waals surface area contributed by atoms with Gasteiger partial charge in [-0.1, -0.05) is 20.8 Å². The van der Waals surface area contributed by atoms with Gasteiger partial charge in [-0.25, -0.2) is 0 Å². The molecular weight excluding hydrogens is 674 g/mol.